The summed E-state index contributed by atoms with van der Waals surface area (Å²) in [6.07, 6.45) is 1.04. The van der Waals surface area contributed by atoms with E-state index in [0.717, 1.165) is 36.5 Å². The van der Waals surface area contributed by atoms with Crippen LogP contribution in [0.1, 0.15) is 24.9 Å². The molecule has 2 aromatic rings. The Morgan fingerprint density at radius 3 is 2.82 bits per heavy atom. The Bertz CT molecular complexity index is 831. The number of hydrogen-bond acceptors (Lipinski definition) is 3. The Labute approximate surface area is 176 Å². The highest BCUT2D eigenvalue weighted by Gasteiger charge is 2.23. The predicted octanol–water partition coefficient (Wildman–Crippen LogP) is 4.89. The van der Waals surface area contributed by atoms with E-state index in [1.165, 1.54) is 0 Å². The van der Waals surface area contributed by atoms with Gasteiger partial charge in [0, 0.05) is 31.4 Å². The summed E-state index contributed by atoms with van der Waals surface area (Å²) in [4.78, 5) is 14.6. The van der Waals surface area contributed by atoms with Crippen molar-refractivity contribution in [2.24, 2.45) is 5.92 Å². The number of urea groups is 1. The fraction of sp³-hybridized carbons (Fsp3) is 0.381. The molecule has 2 aromatic carbocycles. The molecule has 0 radical (unpaired) electrons. The van der Waals surface area contributed by atoms with Crippen LogP contribution in [-0.2, 0) is 0 Å². The minimum Gasteiger partial charge on any atom is -0.497 e. The molecule has 0 bridgehead atoms. The number of anilines is 1. The number of amides is 2. The van der Waals surface area contributed by atoms with Crippen molar-refractivity contribution in [2.75, 3.05) is 31.6 Å². The van der Waals surface area contributed by atoms with Crippen LogP contribution in [0, 0.1) is 5.92 Å². The van der Waals surface area contributed by atoms with Gasteiger partial charge in [-0.15, -0.1) is 0 Å². The molecule has 0 aliphatic carbocycles. The van der Waals surface area contributed by atoms with Crippen LogP contribution in [0.5, 0.6) is 5.75 Å². The molecule has 2 amide bonds. The van der Waals surface area contributed by atoms with Crippen molar-refractivity contribution in [3.05, 3.63) is 58.1 Å². The maximum atomic E-state index is 12.3. The van der Waals surface area contributed by atoms with Crippen LogP contribution in [0.25, 0.3) is 0 Å². The van der Waals surface area contributed by atoms with E-state index in [1.54, 1.807) is 19.2 Å². The van der Waals surface area contributed by atoms with Gasteiger partial charge in [-0.2, -0.15) is 0 Å². The lowest BCUT2D eigenvalue weighted by Gasteiger charge is -2.20. The molecular weight excluding hydrogens is 397 g/mol. The fourth-order valence-electron chi connectivity index (χ4n) is 3.39. The summed E-state index contributed by atoms with van der Waals surface area (Å²) < 4.78 is 5.30. The maximum Gasteiger partial charge on any atom is 0.315 e. The van der Waals surface area contributed by atoms with Crippen molar-refractivity contribution >= 4 is 34.9 Å². The van der Waals surface area contributed by atoms with Crippen LogP contribution < -0.4 is 20.3 Å². The molecule has 2 atom stereocenters. The number of halogens is 2. The molecule has 2 unspecified atom stereocenters. The number of methoxy groups -OCH3 is 1. The highest BCUT2D eigenvalue weighted by atomic mass is 35.5. The number of rotatable bonds is 6. The third kappa shape index (κ3) is 5.24. The van der Waals surface area contributed by atoms with Crippen LogP contribution in [0.15, 0.2) is 42.5 Å². The molecule has 1 aliphatic heterocycles. The summed E-state index contributed by atoms with van der Waals surface area (Å²) in [6, 6.07) is 13.1. The fourth-order valence-corrected chi connectivity index (χ4v) is 3.70. The molecule has 1 aliphatic rings. The number of benzene rings is 2. The van der Waals surface area contributed by atoms with E-state index in [9.17, 15) is 4.79 Å². The van der Waals surface area contributed by atoms with Crippen molar-refractivity contribution < 1.29 is 9.53 Å². The van der Waals surface area contributed by atoms with Crippen molar-refractivity contribution in [1.29, 1.82) is 0 Å². The lowest BCUT2D eigenvalue weighted by Crippen LogP contribution is -2.40. The van der Waals surface area contributed by atoms with Gasteiger partial charge in [-0.3, -0.25) is 0 Å². The van der Waals surface area contributed by atoms with E-state index in [4.69, 9.17) is 27.9 Å². The van der Waals surface area contributed by atoms with Crippen molar-refractivity contribution in [1.82, 2.24) is 10.6 Å². The van der Waals surface area contributed by atoms with Crippen LogP contribution in [0.4, 0.5) is 10.5 Å². The first kappa shape index (κ1) is 20.6. The van der Waals surface area contributed by atoms with Gasteiger partial charge in [-0.25, -0.2) is 4.79 Å². The first-order valence-electron chi connectivity index (χ1n) is 9.34. The normalized spacial score (nSPS) is 17.3. The van der Waals surface area contributed by atoms with Gasteiger partial charge >= 0.3 is 6.03 Å². The predicted molar refractivity (Wildman–Crippen MR) is 115 cm³/mol. The number of hydrogen-bond donors (Lipinski definition) is 2. The number of nitrogens with one attached hydrogen (secondary N) is 2. The first-order chi connectivity index (χ1) is 13.5. The summed E-state index contributed by atoms with van der Waals surface area (Å²) in [5.41, 5.74) is 2.06. The van der Waals surface area contributed by atoms with Gasteiger partial charge in [0.1, 0.15) is 5.75 Å². The average molecular weight is 422 g/mol. The third-order valence-corrected chi connectivity index (χ3v) is 5.79. The SMILES string of the molecule is COc1cccc(N2CCC(CNC(=O)NC(C)c3ccc(Cl)c(Cl)c3)C2)c1. The molecule has 150 valence electrons. The van der Waals surface area contributed by atoms with E-state index in [2.05, 4.69) is 21.6 Å². The van der Waals surface area contributed by atoms with Gasteiger partial charge in [0.25, 0.3) is 0 Å². The molecule has 7 heteroatoms. The van der Waals surface area contributed by atoms with E-state index in [0.29, 0.717) is 22.5 Å². The average Bonchev–Trinajstić information content (AvgIpc) is 3.17. The highest BCUT2D eigenvalue weighted by Crippen LogP contribution is 2.27. The van der Waals surface area contributed by atoms with Crippen LogP contribution >= 0.6 is 23.2 Å². The van der Waals surface area contributed by atoms with Gasteiger partial charge in [0.15, 0.2) is 0 Å². The molecule has 2 N–H and O–H groups in total. The Balaban J connectivity index is 1.46. The van der Waals surface area contributed by atoms with E-state index in [-0.39, 0.29) is 12.1 Å². The summed E-state index contributed by atoms with van der Waals surface area (Å²) in [5, 5.41) is 6.92. The quantitative estimate of drug-likeness (QED) is 0.697. The molecule has 1 heterocycles. The topological polar surface area (TPSA) is 53.6 Å². The Morgan fingerprint density at radius 2 is 2.07 bits per heavy atom. The van der Waals surface area contributed by atoms with Crippen molar-refractivity contribution in [2.45, 2.75) is 19.4 Å². The first-order valence-corrected chi connectivity index (χ1v) is 10.1. The smallest absolute Gasteiger partial charge is 0.315 e. The van der Waals surface area contributed by atoms with Gasteiger partial charge in [-0.1, -0.05) is 35.3 Å². The van der Waals surface area contributed by atoms with Crippen LogP contribution in [-0.4, -0.2) is 32.8 Å². The van der Waals surface area contributed by atoms with Gasteiger partial charge in [0.2, 0.25) is 0 Å². The standard InChI is InChI=1S/C21H25Cl2N3O2/c1-14(16-6-7-19(22)20(23)10-16)25-21(27)24-12-15-8-9-26(13-15)17-4-3-5-18(11-17)28-2/h3-7,10-11,14-15H,8-9,12-13H2,1-2H3,(H2,24,25,27). The zero-order valence-corrected chi connectivity index (χ0v) is 17.6. The lowest BCUT2D eigenvalue weighted by molar-refractivity contribution is 0.236. The van der Waals surface area contributed by atoms with Gasteiger partial charge in [-0.05, 0) is 49.1 Å². The molecular formula is C21H25Cl2N3O2. The lowest BCUT2D eigenvalue weighted by atomic mass is 10.1. The molecule has 1 saturated heterocycles. The minimum absolute atomic E-state index is 0.161. The summed E-state index contributed by atoms with van der Waals surface area (Å²) >= 11 is 12.0. The summed E-state index contributed by atoms with van der Waals surface area (Å²) in [6.45, 7) is 4.44. The van der Waals surface area contributed by atoms with Crippen LogP contribution in [0.3, 0.4) is 0 Å². The molecule has 0 spiro atoms. The zero-order chi connectivity index (χ0) is 20.1. The molecule has 0 aromatic heterocycles. The van der Waals surface area contributed by atoms with Gasteiger partial charge in [0.05, 0.1) is 23.2 Å². The second-order valence-corrected chi connectivity index (χ2v) is 7.87. The molecule has 3 rings (SSSR count). The second kappa shape index (κ2) is 9.39. The monoisotopic (exact) mass is 421 g/mol. The molecule has 0 saturated carbocycles. The summed E-state index contributed by atoms with van der Waals surface area (Å²) in [5.74, 6) is 1.27. The number of carbonyl (C=O) groups excluding carboxylic acids is 1. The Hall–Kier alpha value is -2.11. The van der Waals surface area contributed by atoms with Crippen molar-refractivity contribution in [3.63, 3.8) is 0 Å². The second-order valence-electron chi connectivity index (χ2n) is 7.05. The van der Waals surface area contributed by atoms with E-state index < -0.39 is 0 Å². The van der Waals surface area contributed by atoms with E-state index in [1.807, 2.05) is 31.2 Å². The number of ether oxygens (including phenoxy) is 1. The number of carbonyl (C=O) groups is 1. The molecule has 28 heavy (non-hydrogen) atoms. The Morgan fingerprint density at radius 1 is 1.25 bits per heavy atom. The number of nitrogens with zero attached hydrogens (tertiary/aromatic N) is 1. The molecule has 1 fully saturated rings. The third-order valence-electron chi connectivity index (χ3n) is 5.05. The van der Waals surface area contributed by atoms with E-state index >= 15 is 0 Å². The maximum absolute atomic E-state index is 12.3. The minimum atomic E-state index is -0.182. The largest absolute Gasteiger partial charge is 0.497 e. The molecule has 5 nitrogen and oxygen atoms in total. The Kier molecular flexibility index (Phi) is 6.92. The van der Waals surface area contributed by atoms with Crippen molar-refractivity contribution in [3.8, 4) is 5.75 Å². The zero-order valence-electron chi connectivity index (χ0n) is 16.0. The summed E-state index contributed by atoms with van der Waals surface area (Å²) in [7, 11) is 1.67. The van der Waals surface area contributed by atoms with Crippen LogP contribution in [0.2, 0.25) is 10.0 Å². The van der Waals surface area contributed by atoms with Gasteiger partial charge < -0.3 is 20.3 Å². The highest BCUT2D eigenvalue weighted by molar-refractivity contribution is 6.42.